The van der Waals surface area contributed by atoms with E-state index < -0.39 is 26.5 Å². The van der Waals surface area contributed by atoms with Crippen LogP contribution < -0.4 is 0 Å². The predicted octanol–water partition coefficient (Wildman–Crippen LogP) is 11.9. The molecule has 0 aromatic carbocycles. The molecule has 10 heteroatoms. The molecule has 0 radical (unpaired) electrons. The molecule has 0 heterocycles. The van der Waals surface area contributed by atoms with Gasteiger partial charge in [0.05, 0.1) is 27.7 Å². The Balaban J connectivity index is 4.24. The van der Waals surface area contributed by atoms with Crippen molar-refractivity contribution in [2.24, 2.45) is 0 Å². The van der Waals surface area contributed by atoms with E-state index in [1.54, 1.807) is 0 Å². The number of phosphoric ester groups is 1. The van der Waals surface area contributed by atoms with E-state index in [1.165, 1.54) is 6.42 Å². The highest BCUT2D eigenvalue weighted by atomic mass is 31.2. The monoisotopic (exact) mass is 793 g/mol. The highest BCUT2D eigenvalue weighted by Gasteiger charge is 2.27. The second-order valence-corrected chi connectivity index (χ2v) is 16.5. The Bertz CT molecular complexity index is 1170. The van der Waals surface area contributed by atoms with Gasteiger partial charge in [0.1, 0.15) is 19.8 Å². The van der Waals surface area contributed by atoms with Gasteiger partial charge in [0, 0.05) is 12.8 Å². The van der Waals surface area contributed by atoms with Crippen LogP contribution in [-0.4, -0.2) is 74.9 Å². The number of allylic oxidation sites excluding steroid dienone is 12. The number of carbonyl (C=O) groups excluding carboxylic acids is 2. The van der Waals surface area contributed by atoms with Gasteiger partial charge in [-0.25, -0.2) is 4.57 Å². The molecule has 0 bridgehead atoms. The number of likely N-dealkylation sites (N-methyl/N-ethyl adjacent to an activating group) is 1. The highest BCUT2D eigenvalue weighted by molar-refractivity contribution is 7.47. The zero-order chi connectivity index (χ0) is 40.7. The molecular weight excluding hydrogens is 713 g/mol. The molecule has 9 nitrogen and oxygen atoms in total. The van der Waals surface area contributed by atoms with Gasteiger partial charge in [-0.2, -0.15) is 0 Å². The van der Waals surface area contributed by atoms with Gasteiger partial charge in [-0.05, 0) is 64.2 Å². The third kappa shape index (κ3) is 40.9. The maximum atomic E-state index is 12.6. The first-order valence-corrected chi connectivity index (χ1v) is 22.7. The molecule has 0 aliphatic heterocycles. The van der Waals surface area contributed by atoms with Crippen LogP contribution in [0.5, 0.6) is 0 Å². The molecule has 0 saturated heterocycles. The molecule has 2 unspecified atom stereocenters. The van der Waals surface area contributed by atoms with Crippen molar-refractivity contribution >= 4 is 19.8 Å². The normalized spacial score (nSPS) is 14.4. The van der Waals surface area contributed by atoms with Gasteiger partial charge < -0.3 is 18.9 Å². The Hall–Kier alpha value is -2.55. The minimum Gasteiger partial charge on any atom is -0.462 e. The van der Waals surface area contributed by atoms with Crippen molar-refractivity contribution in [2.45, 2.75) is 155 Å². The highest BCUT2D eigenvalue weighted by Crippen LogP contribution is 2.43. The maximum absolute atomic E-state index is 12.6. The number of ether oxygens (including phenoxy) is 2. The van der Waals surface area contributed by atoms with Crippen LogP contribution in [0.4, 0.5) is 0 Å². The number of unbranched alkanes of at least 4 members (excludes halogenated alkanes) is 11. The van der Waals surface area contributed by atoms with Crippen LogP contribution in [-0.2, 0) is 32.7 Å². The third-order valence-corrected chi connectivity index (χ3v) is 9.49. The van der Waals surface area contributed by atoms with E-state index >= 15 is 0 Å². The van der Waals surface area contributed by atoms with Gasteiger partial charge in [-0.1, -0.05) is 145 Å². The van der Waals surface area contributed by atoms with E-state index in [-0.39, 0.29) is 32.0 Å². The van der Waals surface area contributed by atoms with E-state index in [4.69, 9.17) is 18.5 Å². The van der Waals surface area contributed by atoms with Gasteiger partial charge in [0.2, 0.25) is 0 Å². The number of hydrogen-bond acceptors (Lipinski definition) is 7. The van der Waals surface area contributed by atoms with E-state index in [0.717, 1.165) is 109 Å². The van der Waals surface area contributed by atoms with Gasteiger partial charge in [0.25, 0.3) is 0 Å². The fraction of sp³-hybridized carbons (Fsp3) is 0.689. The Morgan fingerprint density at radius 1 is 0.582 bits per heavy atom. The summed E-state index contributed by atoms with van der Waals surface area (Å²) in [5, 5.41) is 0. The second kappa shape index (κ2) is 37.1. The molecule has 2 atom stereocenters. The first-order chi connectivity index (χ1) is 26.5. The van der Waals surface area contributed by atoms with Crippen molar-refractivity contribution in [3.8, 4) is 0 Å². The summed E-state index contributed by atoms with van der Waals surface area (Å²) in [4.78, 5) is 35.1. The minimum atomic E-state index is -4.37. The summed E-state index contributed by atoms with van der Waals surface area (Å²) < 4.78 is 34.1. The molecule has 0 fully saturated rings. The number of nitrogens with zero attached hydrogens (tertiary/aromatic N) is 1. The standard InChI is InChI=1S/C45H78NO8P/c1-6-8-10-12-14-15-16-17-18-19-20-21-22-23-24-25-26-27-28-29-30-31-32-34-36-38-45(48)54-43(41-51-44(47)37-35-33-13-11-9-7-2)42-53-55(49,50)52-40-39-46(3,4)5/h8,10,14-15,17-18,20-21,23-24,26-27,43H,6-7,9,11-13,16,19,22,25,28-42H2,1-5H3/p+1/b10-8-,15-14-,18-17-,21-20-,24-23-,27-26-. The largest absolute Gasteiger partial charge is 0.472 e. The van der Waals surface area contributed by atoms with Crippen molar-refractivity contribution in [3.63, 3.8) is 0 Å². The third-order valence-electron chi connectivity index (χ3n) is 8.50. The quantitative estimate of drug-likeness (QED) is 0.0218. The van der Waals surface area contributed by atoms with Gasteiger partial charge >= 0.3 is 19.8 Å². The van der Waals surface area contributed by atoms with Crippen LogP contribution in [0.25, 0.3) is 0 Å². The van der Waals surface area contributed by atoms with E-state index in [9.17, 15) is 19.0 Å². The zero-order valence-electron chi connectivity index (χ0n) is 35.4. The van der Waals surface area contributed by atoms with Crippen LogP contribution in [0.15, 0.2) is 72.9 Å². The number of quaternary nitrogens is 1. The Labute approximate surface area is 336 Å². The average molecular weight is 793 g/mol. The minimum absolute atomic E-state index is 0.0253. The summed E-state index contributed by atoms with van der Waals surface area (Å²) in [5.41, 5.74) is 0. The smallest absolute Gasteiger partial charge is 0.462 e. The lowest BCUT2D eigenvalue weighted by Crippen LogP contribution is -2.37. The maximum Gasteiger partial charge on any atom is 0.472 e. The molecule has 0 amide bonds. The van der Waals surface area contributed by atoms with Crippen molar-refractivity contribution in [2.75, 3.05) is 47.5 Å². The molecule has 1 N–H and O–H groups in total. The summed E-state index contributed by atoms with van der Waals surface area (Å²) in [7, 11) is 1.45. The van der Waals surface area contributed by atoms with Crippen molar-refractivity contribution in [1.82, 2.24) is 0 Å². The van der Waals surface area contributed by atoms with Crippen LogP contribution in [0.2, 0.25) is 0 Å². The molecule has 0 rings (SSSR count). The zero-order valence-corrected chi connectivity index (χ0v) is 36.3. The van der Waals surface area contributed by atoms with E-state index in [1.807, 2.05) is 21.1 Å². The van der Waals surface area contributed by atoms with Crippen molar-refractivity contribution in [3.05, 3.63) is 72.9 Å². The second-order valence-electron chi connectivity index (χ2n) is 15.0. The van der Waals surface area contributed by atoms with Crippen LogP contribution in [0.1, 0.15) is 149 Å². The number of carbonyl (C=O) groups is 2. The van der Waals surface area contributed by atoms with Crippen LogP contribution in [0.3, 0.4) is 0 Å². The number of hydrogen-bond donors (Lipinski definition) is 1. The predicted molar refractivity (Wildman–Crippen MR) is 229 cm³/mol. The van der Waals surface area contributed by atoms with Crippen LogP contribution >= 0.6 is 7.82 Å². The fourth-order valence-electron chi connectivity index (χ4n) is 5.19. The fourth-order valence-corrected chi connectivity index (χ4v) is 5.93. The first kappa shape index (κ1) is 52.5. The van der Waals surface area contributed by atoms with Crippen LogP contribution in [0, 0.1) is 0 Å². The Kier molecular flexibility index (Phi) is 35.3. The summed E-state index contributed by atoms with van der Waals surface area (Å²) in [6.07, 6.45) is 45.5. The molecule has 0 aromatic rings. The number of phosphoric acid groups is 1. The molecule has 0 aromatic heterocycles. The molecule has 0 aliphatic rings. The summed E-state index contributed by atoms with van der Waals surface area (Å²) in [6.45, 7) is 4.19. The molecule has 0 spiro atoms. The number of esters is 2. The Morgan fingerprint density at radius 3 is 1.55 bits per heavy atom. The summed E-state index contributed by atoms with van der Waals surface area (Å²) in [5.74, 6) is -0.833. The molecule has 0 aliphatic carbocycles. The van der Waals surface area contributed by atoms with E-state index in [0.29, 0.717) is 17.4 Å². The van der Waals surface area contributed by atoms with Gasteiger partial charge in [-0.3, -0.25) is 18.6 Å². The molecule has 0 saturated carbocycles. The van der Waals surface area contributed by atoms with E-state index in [2.05, 4.69) is 86.8 Å². The molecular formula is C45H79NO8P+. The van der Waals surface area contributed by atoms with Gasteiger partial charge in [-0.15, -0.1) is 0 Å². The summed E-state index contributed by atoms with van der Waals surface area (Å²) in [6, 6.07) is 0. The van der Waals surface area contributed by atoms with Gasteiger partial charge in [0.15, 0.2) is 6.10 Å². The Morgan fingerprint density at radius 2 is 1.04 bits per heavy atom. The van der Waals surface area contributed by atoms with Crippen molar-refractivity contribution in [1.29, 1.82) is 0 Å². The molecule has 55 heavy (non-hydrogen) atoms. The SMILES string of the molecule is CC/C=C\C/C=C\C/C=C\C/C=C\C/C=C\C/C=C\CCCCCCCCC(=O)OC(COC(=O)CCCCCCCC)COP(=O)(O)OCC[N+](C)(C)C. The molecule has 316 valence electrons. The average Bonchev–Trinajstić information content (AvgIpc) is 3.13. The topological polar surface area (TPSA) is 108 Å². The first-order valence-electron chi connectivity index (χ1n) is 21.2. The lowest BCUT2D eigenvalue weighted by Gasteiger charge is -2.24. The lowest BCUT2D eigenvalue weighted by atomic mass is 10.1. The van der Waals surface area contributed by atoms with Crippen molar-refractivity contribution < 1.29 is 42.1 Å². The lowest BCUT2D eigenvalue weighted by molar-refractivity contribution is -0.870. The number of rotatable bonds is 37. The summed E-state index contributed by atoms with van der Waals surface area (Å²) >= 11 is 0.